The zero-order valence-electron chi connectivity index (χ0n) is 23.6. The third-order valence-corrected chi connectivity index (χ3v) is 9.01. The van der Waals surface area contributed by atoms with Gasteiger partial charge in [-0.3, -0.25) is 0 Å². The van der Waals surface area contributed by atoms with Crippen LogP contribution in [0.2, 0.25) is 5.02 Å². The van der Waals surface area contributed by atoms with Gasteiger partial charge < -0.3 is 0 Å². The van der Waals surface area contributed by atoms with E-state index in [-0.39, 0.29) is 18.4 Å². The Morgan fingerprint density at radius 1 is 0.575 bits per heavy atom. The maximum Gasteiger partial charge on any atom is 0.145 e. The Morgan fingerprint density at radius 3 is 1.55 bits per heavy atom. The van der Waals surface area contributed by atoms with Crippen molar-refractivity contribution in [2.75, 3.05) is 0 Å². The molecule has 216 valence electrons. The third kappa shape index (κ3) is 8.83. The highest BCUT2D eigenvalue weighted by molar-refractivity contribution is 6.30. The van der Waals surface area contributed by atoms with Crippen molar-refractivity contribution < 1.29 is 17.6 Å². The summed E-state index contributed by atoms with van der Waals surface area (Å²) in [6.45, 7) is 2.24. The molecule has 0 bridgehead atoms. The first-order chi connectivity index (χ1) is 19.3. The van der Waals surface area contributed by atoms with Gasteiger partial charge in [-0.15, -0.1) is 0 Å². The molecule has 5 heteroatoms. The van der Waals surface area contributed by atoms with Gasteiger partial charge in [0, 0.05) is 5.56 Å². The minimum atomic E-state index is -0.871. The molecule has 4 rings (SSSR count). The minimum absolute atomic E-state index is 0.0194. The first kappa shape index (κ1) is 30.6. The van der Waals surface area contributed by atoms with Crippen molar-refractivity contribution in [3.63, 3.8) is 0 Å². The summed E-state index contributed by atoms with van der Waals surface area (Å²) in [5, 5.41) is -0.572. The third-order valence-electron chi connectivity index (χ3n) is 8.65. The van der Waals surface area contributed by atoms with Crippen molar-refractivity contribution in [2.45, 2.75) is 96.8 Å². The van der Waals surface area contributed by atoms with Gasteiger partial charge in [-0.05, 0) is 110 Å². The molecule has 1 aliphatic rings. The second-order valence-corrected chi connectivity index (χ2v) is 12.0. The first-order valence-electron chi connectivity index (χ1n) is 15.0. The normalized spacial score (nSPS) is 17.4. The number of aryl methyl sites for hydroxylation is 4. The van der Waals surface area contributed by atoms with Crippen LogP contribution in [0, 0.1) is 35.1 Å². The topological polar surface area (TPSA) is 0 Å². The Bertz CT molecular complexity index is 1180. The molecule has 0 aliphatic heterocycles. The average Bonchev–Trinajstić information content (AvgIpc) is 2.94. The van der Waals surface area contributed by atoms with E-state index >= 15 is 0 Å². The Hall–Kier alpha value is -2.33. The van der Waals surface area contributed by atoms with E-state index in [0.29, 0.717) is 23.5 Å². The fourth-order valence-electron chi connectivity index (χ4n) is 6.06. The van der Waals surface area contributed by atoms with Crippen molar-refractivity contribution in [3.05, 3.63) is 105 Å². The molecule has 0 unspecified atom stereocenters. The van der Waals surface area contributed by atoms with Crippen molar-refractivity contribution >= 4 is 11.6 Å². The Kier molecular flexibility index (Phi) is 11.5. The highest BCUT2D eigenvalue weighted by atomic mass is 35.5. The predicted octanol–water partition coefficient (Wildman–Crippen LogP) is 10.8. The maximum absolute atomic E-state index is 14.8. The molecule has 3 aromatic rings. The van der Waals surface area contributed by atoms with Gasteiger partial charge in [-0.2, -0.15) is 0 Å². The van der Waals surface area contributed by atoms with E-state index in [0.717, 1.165) is 30.9 Å². The summed E-state index contributed by atoms with van der Waals surface area (Å²) in [4.78, 5) is 0. The Morgan fingerprint density at radius 2 is 1.02 bits per heavy atom. The van der Waals surface area contributed by atoms with Gasteiger partial charge in [0.25, 0.3) is 0 Å². The molecule has 0 amide bonds. The number of rotatable bonds is 13. The van der Waals surface area contributed by atoms with E-state index in [4.69, 9.17) is 11.6 Å². The van der Waals surface area contributed by atoms with Crippen molar-refractivity contribution in [2.24, 2.45) is 11.8 Å². The lowest BCUT2D eigenvalue weighted by Gasteiger charge is -2.28. The second-order valence-electron chi connectivity index (χ2n) is 11.6. The summed E-state index contributed by atoms with van der Waals surface area (Å²) in [6, 6.07) is 14.2. The molecule has 40 heavy (non-hydrogen) atoms. The van der Waals surface area contributed by atoms with Crippen LogP contribution in [0.4, 0.5) is 17.6 Å². The number of hydrogen-bond acceptors (Lipinski definition) is 0. The van der Waals surface area contributed by atoms with Crippen molar-refractivity contribution in [1.29, 1.82) is 0 Å². The molecule has 1 aliphatic carbocycles. The largest absolute Gasteiger partial charge is 0.207 e. The van der Waals surface area contributed by atoms with Gasteiger partial charge in [-0.1, -0.05) is 81.3 Å². The van der Waals surface area contributed by atoms with Gasteiger partial charge in [-0.25, -0.2) is 17.6 Å². The Labute approximate surface area is 242 Å². The van der Waals surface area contributed by atoms with E-state index in [2.05, 4.69) is 31.2 Å². The van der Waals surface area contributed by atoms with Crippen LogP contribution in [-0.2, 0) is 32.1 Å². The molecule has 1 fully saturated rings. The molecular formula is C35H41ClF4. The molecule has 0 aromatic heterocycles. The molecular weight excluding hydrogens is 532 g/mol. The molecule has 0 atom stereocenters. The molecule has 0 nitrogen and oxygen atoms in total. The highest BCUT2D eigenvalue weighted by Gasteiger charge is 2.21. The fraction of sp³-hybridized carbons (Fsp3) is 0.486. The zero-order valence-corrected chi connectivity index (χ0v) is 24.3. The minimum Gasteiger partial charge on any atom is -0.207 e. The van der Waals surface area contributed by atoms with Crippen LogP contribution < -0.4 is 0 Å². The van der Waals surface area contributed by atoms with Crippen LogP contribution in [0.25, 0.3) is 0 Å². The van der Waals surface area contributed by atoms with Gasteiger partial charge in [0.1, 0.15) is 28.3 Å². The fourth-order valence-corrected chi connectivity index (χ4v) is 6.17. The summed E-state index contributed by atoms with van der Waals surface area (Å²) in [5.41, 5.74) is 3.81. The smallest absolute Gasteiger partial charge is 0.145 e. The zero-order chi connectivity index (χ0) is 28.5. The van der Waals surface area contributed by atoms with Crippen molar-refractivity contribution in [1.82, 2.24) is 0 Å². The van der Waals surface area contributed by atoms with E-state index < -0.39 is 28.3 Å². The quantitative estimate of drug-likeness (QED) is 0.108. The van der Waals surface area contributed by atoms with Crippen LogP contribution in [0.5, 0.6) is 0 Å². The van der Waals surface area contributed by atoms with Crippen molar-refractivity contribution in [3.8, 4) is 0 Å². The van der Waals surface area contributed by atoms with E-state index in [1.54, 1.807) is 0 Å². The van der Waals surface area contributed by atoms with E-state index in [1.165, 1.54) is 81.0 Å². The summed E-state index contributed by atoms with van der Waals surface area (Å²) in [7, 11) is 0. The second kappa shape index (κ2) is 15.1. The SMILES string of the molecule is CCCCCc1ccc(CCC2CCC(CCc3cc(F)c(CCc4cc(F)c(Cl)c(F)c4)c(F)c3)CC2)cc1. The van der Waals surface area contributed by atoms with Gasteiger partial charge >= 0.3 is 0 Å². The van der Waals surface area contributed by atoms with Crippen LogP contribution in [0.3, 0.4) is 0 Å². The molecule has 0 N–H and O–H groups in total. The summed E-state index contributed by atoms with van der Waals surface area (Å²) >= 11 is 5.51. The van der Waals surface area contributed by atoms with E-state index in [9.17, 15) is 17.6 Å². The van der Waals surface area contributed by atoms with Crippen LogP contribution in [0.15, 0.2) is 48.5 Å². The van der Waals surface area contributed by atoms with Crippen LogP contribution >= 0.6 is 11.6 Å². The monoisotopic (exact) mass is 572 g/mol. The van der Waals surface area contributed by atoms with Crippen LogP contribution in [-0.4, -0.2) is 0 Å². The van der Waals surface area contributed by atoms with Gasteiger partial charge in [0.15, 0.2) is 0 Å². The number of hydrogen-bond donors (Lipinski definition) is 0. The summed E-state index contributed by atoms with van der Waals surface area (Å²) < 4.78 is 56.9. The number of benzene rings is 3. The van der Waals surface area contributed by atoms with Gasteiger partial charge in [0.2, 0.25) is 0 Å². The summed E-state index contributed by atoms with van der Waals surface area (Å²) in [6.07, 6.45) is 13.9. The van der Waals surface area contributed by atoms with Gasteiger partial charge in [0.05, 0.1) is 0 Å². The standard InChI is InChI=1S/C35H41ClF4/c1-2-3-4-5-24-6-8-25(9-7-24)10-11-26-12-14-27(15-13-26)16-17-28-20-31(37)30(32(38)21-28)19-18-29-22-33(39)35(36)34(40)23-29/h6-9,20-23,26-27H,2-5,10-19H2,1H3. The molecule has 0 heterocycles. The summed E-state index contributed by atoms with van der Waals surface area (Å²) in [5.74, 6) is -1.57. The number of unbranched alkanes of at least 4 members (excludes halogenated alkanes) is 2. The molecule has 3 aromatic carbocycles. The molecule has 0 spiro atoms. The van der Waals surface area contributed by atoms with Crippen LogP contribution in [0.1, 0.15) is 92.5 Å². The number of halogens is 5. The lowest BCUT2D eigenvalue weighted by Crippen LogP contribution is -2.16. The average molecular weight is 573 g/mol. The maximum atomic E-state index is 14.8. The lowest BCUT2D eigenvalue weighted by molar-refractivity contribution is 0.253. The highest BCUT2D eigenvalue weighted by Crippen LogP contribution is 2.34. The van der Waals surface area contributed by atoms with E-state index in [1.807, 2.05) is 0 Å². The Balaban J connectivity index is 1.19. The predicted molar refractivity (Wildman–Crippen MR) is 157 cm³/mol. The first-order valence-corrected chi connectivity index (χ1v) is 15.4. The molecule has 0 saturated heterocycles. The molecule has 1 saturated carbocycles. The lowest BCUT2D eigenvalue weighted by atomic mass is 9.77. The molecule has 0 radical (unpaired) electrons.